The van der Waals surface area contributed by atoms with Crippen LogP contribution in [0.5, 0.6) is 0 Å². The maximum absolute atomic E-state index is 11.8. The van der Waals surface area contributed by atoms with Crippen molar-refractivity contribution in [2.75, 3.05) is 5.32 Å². The lowest BCUT2D eigenvalue weighted by Crippen LogP contribution is -2.10. The van der Waals surface area contributed by atoms with Crippen molar-refractivity contribution >= 4 is 34.3 Å². The molecule has 0 bridgehead atoms. The first kappa shape index (κ1) is 15.6. The molecule has 0 aliphatic rings. The molecule has 1 aromatic heterocycles. The van der Waals surface area contributed by atoms with Crippen molar-refractivity contribution in [1.82, 2.24) is 4.98 Å². The second-order valence-electron chi connectivity index (χ2n) is 5.33. The summed E-state index contributed by atoms with van der Waals surface area (Å²) in [6, 6.07) is 12.8. The molecule has 23 heavy (non-hydrogen) atoms. The standard InChI is InChI=1S/C18H17ClN2O2/c1-2-3-8-17(22)20-12-9-10-15-16(11-12)23-18(21-15)13-6-4-5-7-14(13)19/h4-7,9-11H,2-3,8H2,1H3,(H,20,22). The van der Waals surface area contributed by atoms with E-state index in [9.17, 15) is 4.79 Å². The van der Waals surface area contributed by atoms with Gasteiger partial charge >= 0.3 is 0 Å². The first-order chi connectivity index (χ1) is 11.2. The first-order valence-corrected chi connectivity index (χ1v) is 8.00. The molecular weight excluding hydrogens is 312 g/mol. The van der Waals surface area contributed by atoms with Gasteiger partial charge in [0.15, 0.2) is 5.58 Å². The summed E-state index contributed by atoms with van der Waals surface area (Å²) in [7, 11) is 0. The van der Waals surface area contributed by atoms with Crippen LogP contribution in [0.15, 0.2) is 46.9 Å². The van der Waals surface area contributed by atoms with Gasteiger partial charge < -0.3 is 9.73 Å². The summed E-state index contributed by atoms with van der Waals surface area (Å²) in [4.78, 5) is 16.3. The van der Waals surface area contributed by atoms with Crippen molar-refractivity contribution in [3.63, 3.8) is 0 Å². The van der Waals surface area contributed by atoms with Gasteiger partial charge in [-0.05, 0) is 30.7 Å². The molecule has 0 saturated heterocycles. The number of rotatable bonds is 5. The van der Waals surface area contributed by atoms with Crippen molar-refractivity contribution in [3.8, 4) is 11.5 Å². The molecule has 3 aromatic rings. The number of aromatic nitrogens is 1. The van der Waals surface area contributed by atoms with Gasteiger partial charge in [0, 0.05) is 18.2 Å². The number of fused-ring (bicyclic) bond motifs is 1. The number of anilines is 1. The molecule has 0 fully saturated rings. The highest BCUT2D eigenvalue weighted by atomic mass is 35.5. The molecule has 4 nitrogen and oxygen atoms in total. The molecule has 0 saturated carbocycles. The Morgan fingerprint density at radius 3 is 2.87 bits per heavy atom. The summed E-state index contributed by atoms with van der Waals surface area (Å²) in [5.74, 6) is 0.483. The Morgan fingerprint density at radius 2 is 2.09 bits per heavy atom. The molecule has 0 unspecified atom stereocenters. The molecule has 0 spiro atoms. The lowest BCUT2D eigenvalue weighted by atomic mass is 10.2. The predicted molar refractivity (Wildman–Crippen MR) is 92.6 cm³/mol. The summed E-state index contributed by atoms with van der Waals surface area (Å²) in [6.07, 6.45) is 2.40. The van der Waals surface area contributed by atoms with E-state index in [0.29, 0.717) is 28.6 Å². The summed E-state index contributed by atoms with van der Waals surface area (Å²) in [5.41, 5.74) is 2.80. The van der Waals surface area contributed by atoms with Gasteiger partial charge in [-0.25, -0.2) is 4.98 Å². The van der Waals surface area contributed by atoms with Crippen molar-refractivity contribution < 1.29 is 9.21 Å². The number of amides is 1. The minimum absolute atomic E-state index is 0.0112. The first-order valence-electron chi connectivity index (χ1n) is 7.62. The molecule has 0 aliphatic heterocycles. The molecule has 1 amide bonds. The highest BCUT2D eigenvalue weighted by Crippen LogP contribution is 2.30. The number of halogens is 1. The van der Waals surface area contributed by atoms with Gasteiger partial charge in [0.2, 0.25) is 11.8 Å². The number of hydrogen-bond donors (Lipinski definition) is 1. The Kier molecular flexibility index (Phi) is 4.63. The second-order valence-corrected chi connectivity index (χ2v) is 5.74. The highest BCUT2D eigenvalue weighted by molar-refractivity contribution is 6.33. The van der Waals surface area contributed by atoms with E-state index in [-0.39, 0.29) is 5.91 Å². The van der Waals surface area contributed by atoms with Crippen LogP contribution in [-0.4, -0.2) is 10.9 Å². The monoisotopic (exact) mass is 328 g/mol. The number of oxazole rings is 1. The average molecular weight is 329 g/mol. The quantitative estimate of drug-likeness (QED) is 0.693. The van der Waals surface area contributed by atoms with E-state index in [1.807, 2.05) is 30.3 Å². The van der Waals surface area contributed by atoms with E-state index < -0.39 is 0 Å². The highest BCUT2D eigenvalue weighted by Gasteiger charge is 2.12. The summed E-state index contributed by atoms with van der Waals surface area (Å²) in [6.45, 7) is 2.06. The van der Waals surface area contributed by atoms with E-state index in [0.717, 1.165) is 23.9 Å². The molecule has 0 atom stereocenters. The number of hydrogen-bond acceptors (Lipinski definition) is 3. The van der Waals surface area contributed by atoms with Crippen LogP contribution in [0.3, 0.4) is 0 Å². The van der Waals surface area contributed by atoms with Crippen LogP contribution in [0.25, 0.3) is 22.6 Å². The predicted octanol–water partition coefficient (Wildman–Crippen LogP) is 5.28. The van der Waals surface area contributed by atoms with Crippen LogP contribution in [0.2, 0.25) is 5.02 Å². The molecule has 1 N–H and O–H groups in total. The van der Waals surface area contributed by atoms with Crippen molar-refractivity contribution in [1.29, 1.82) is 0 Å². The number of unbranched alkanes of at least 4 members (excludes halogenated alkanes) is 1. The molecule has 0 aliphatic carbocycles. The van der Waals surface area contributed by atoms with Gasteiger partial charge in [0.1, 0.15) is 5.52 Å². The van der Waals surface area contributed by atoms with Crippen molar-refractivity contribution in [2.24, 2.45) is 0 Å². The van der Waals surface area contributed by atoms with Crippen LogP contribution in [-0.2, 0) is 4.79 Å². The Labute approximate surface area is 139 Å². The molecule has 118 valence electrons. The maximum atomic E-state index is 11.8. The zero-order chi connectivity index (χ0) is 16.2. The number of nitrogens with one attached hydrogen (secondary N) is 1. The number of carbonyl (C=O) groups is 1. The summed E-state index contributed by atoms with van der Waals surface area (Å²) < 4.78 is 5.79. The van der Waals surface area contributed by atoms with E-state index in [1.54, 1.807) is 12.1 Å². The zero-order valence-electron chi connectivity index (χ0n) is 12.8. The Hall–Kier alpha value is -2.33. The zero-order valence-corrected chi connectivity index (χ0v) is 13.6. The molecule has 1 heterocycles. The number of nitrogens with zero attached hydrogens (tertiary/aromatic N) is 1. The summed E-state index contributed by atoms with van der Waals surface area (Å²) in [5, 5.41) is 3.47. The number of carbonyl (C=O) groups excluding carboxylic acids is 1. The van der Waals surface area contributed by atoms with Crippen LogP contribution < -0.4 is 5.32 Å². The maximum Gasteiger partial charge on any atom is 0.228 e. The van der Waals surface area contributed by atoms with Gasteiger partial charge in [0.05, 0.1) is 10.6 Å². The van der Waals surface area contributed by atoms with Crippen LogP contribution >= 0.6 is 11.6 Å². The third-order valence-electron chi connectivity index (χ3n) is 3.53. The topological polar surface area (TPSA) is 55.1 Å². The lowest BCUT2D eigenvalue weighted by Gasteiger charge is -2.03. The average Bonchev–Trinajstić information content (AvgIpc) is 2.96. The lowest BCUT2D eigenvalue weighted by molar-refractivity contribution is -0.116. The third kappa shape index (κ3) is 3.54. The van der Waals surface area contributed by atoms with E-state index >= 15 is 0 Å². The SMILES string of the molecule is CCCCC(=O)Nc1ccc2nc(-c3ccccc3Cl)oc2c1. The van der Waals surface area contributed by atoms with Gasteiger partial charge in [-0.2, -0.15) is 0 Å². The fraction of sp³-hybridized carbons (Fsp3) is 0.222. The smallest absolute Gasteiger partial charge is 0.228 e. The minimum atomic E-state index is 0.0112. The summed E-state index contributed by atoms with van der Waals surface area (Å²) >= 11 is 6.18. The van der Waals surface area contributed by atoms with Gasteiger partial charge in [0.25, 0.3) is 0 Å². The van der Waals surface area contributed by atoms with Crippen LogP contribution in [0.4, 0.5) is 5.69 Å². The minimum Gasteiger partial charge on any atom is -0.436 e. The normalized spacial score (nSPS) is 10.9. The molecule has 5 heteroatoms. The molecule has 2 aromatic carbocycles. The van der Waals surface area contributed by atoms with Crippen LogP contribution in [0, 0.1) is 0 Å². The van der Waals surface area contributed by atoms with E-state index in [1.165, 1.54) is 0 Å². The fourth-order valence-corrected chi connectivity index (χ4v) is 2.53. The Bertz CT molecular complexity index is 842. The van der Waals surface area contributed by atoms with Crippen molar-refractivity contribution in [3.05, 3.63) is 47.5 Å². The molecule has 0 radical (unpaired) electrons. The van der Waals surface area contributed by atoms with Crippen LogP contribution in [0.1, 0.15) is 26.2 Å². The van der Waals surface area contributed by atoms with Gasteiger partial charge in [-0.3, -0.25) is 4.79 Å². The molecular formula is C18H17ClN2O2. The second kappa shape index (κ2) is 6.84. The van der Waals surface area contributed by atoms with Gasteiger partial charge in [-0.15, -0.1) is 0 Å². The Balaban J connectivity index is 1.86. The molecule has 3 rings (SSSR count). The third-order valence-corrected chi connectivity index (χ3v) is 3.86. The van der Waals surface area contributed by atoms with Gasteiger partial charge in [-0.1, -0.05) is 37.1 Å². The van der Waals surface area contributed by atoms with E-state index in [2.05, 4.69) is 17.2 Å². The Morgan fingerprint density at radius 1 is 1.26 bits per heavy atom. The largest absolute Gasteiger partial charge is 0.436 e. The van der Waals surface area contributed by atoms with Crippen molar-refractivity contribution in [2.45, 2.75) is 26.2 Å². The van der Waals surface area contributed by atoms with E-state index in [4.69, 9.17) is 16.0 Å². The number of benzene rings is 2. The fourth-order valence-electron chi connectivity index (χ4n) is 2.31.